The zero-order valence-electron chi connectivity index (χ0n) is 8.55. The Labute approximate surface area is 93.2 Å². The Morgan fingerprint density at radius 1 is 1.47 bits per heavy atom. The minimum Gasteiger partial charge on any atom is -0.383 e. The third kappa shape index (κ3) is 2.08. The van der Waals surface area contributed by atoms with E-state index in [1.807, 2.05) is 29.8 Å². The van der Waals surface area contributed by atoms with Crippen molar-refractivity contribution in [1.82, 2.24) is 4.98 Å². The summed E-state index contributed by atoms with van der Waals surface area (Å²) < 4.78 is 0. The Kier molecular flexibility index (Phi) is 3.14. The zero-order chi connectivity index (χ0) is 10.7. The minimum absolute atomic E-state index is 0.511. The van der Waals surface area contributed by atoms with E-state index in [2.05, 4.69) is 11.9 Å². The van der Waals surface area contributed by atoms with Crippen LogP contribution in [-0.4, -0.2) is 10.1 Å². The van der Waals surface area contributed by atoms with Gasteiger partial charge >= 0.3 is 0 Å². The maximum atomic E-state index is 10.2. The van der Waals surface area contributed by atoms with Crippen LogP contribution in [0.5, 0.6) is 0 Å². The monoisotopic (exact) mass is 219 g/mol. The standard InChI is InChI=1S/C12H13NOS/c1-2-9-8-13-6-5-10(9)12(14)11-4-3-7-15-11/h3-8,12,14H,2H2,1H3. The fraction of sp³-hybridized carbons (Fsp3) is 0.250. The first-order chi connectivity index (χ1) is 7.33. The molecule has 0 saturated carbocycles. The van der Waals surface area contributed by atoms with Crippen molar-refractivity contribution in [2.24, 2.45) is 0 Å². The average Bonchev–Trinajstić information content (AvgIpc) is 2.81. The van der Waals surface area contributed by atoms with Gasteiger partial charge in [-0.05, 0) is 35.1 Å². The first-order valence-electron chi connectivity index (χ1n) is 4.97. The van der Waals surface area contributed by atoms with E-state index in [1.165, 1.54) is 0 Å². The molecule has 2 nitrogen and oxygen atoms in total. The van der Waals surface area contributed by atoms with Gasteiger partial charge in [0.1, 0.15) is 6.10 Å². The highest BCUT2D eigenvalue weighted by molar-refractivity contribution is 7.10. The number of nitrogens with zero attached hydrogens (tertiary/aromatic N) is 1. The molecule has 0 aromatic carbocycles. The second kappa shape index (κ2) is 4.55. The van der Waals surface area contributed by atoms with Crippen molar-refractivity contribution in [2.45, 2.75) is 19.4 Å². The summed E-state index contributed by atoms with van der Waals surface area (Å²) in [6.07, 6.45) is 3.94. The first-order valence-corrected chi connectivity index (χ1v) is 5.85. The quantitative estimate of drug-likeness (QED) is 0.861. The molecular weight excluding hydrogens is 206 g/mol. The van der Waals surface area contributed by atoms with E-state index < -0.39 is 6.10 Å². The molecule has 15 heavy (non-hydrogen) atoms. The van der Waals surface area contributed by atoms with E-state index in [1.54, 1.807) is 17.5 Å². The molecule has 0 amide bonds. The van der Waals surface area contributed by atoms with E-state index in [9.17, 15) is 5.11 Å². The molecule has 0 radical (unpaired) electrons. The number of hydrogen-bond donors (Lipinski definition) is 1. The summed E-state index contributed by atoms with van der Waals surface area (Å²) >= 11 is 1.57. The predicted octanol–water partition coefficient (Wildman–Crippen LogP) is 2.79. The van der Waals surface area contributed by atoms with Crippen LogP contribution in [0.4, 0.5) is 0 Å². The van der Waals surface area contributed by atoms with Crippen LogP contribution in [0.25, 0.3) is 0 Å². The van der Waals surface area contributed by atoms with Crippen LogP contribution in [0.15, 0.2) is 36.0 Å². The maximum Gasteiger partial charge on any atom is 0.114 e. The van der Waals surface area contributed by atoms with Gasteiger partial charge in [-0.25, -0.2) is 0 Å². The Balaban J connectivity index is 2.37. The molecule has 0 bridgehead atoms. The maximum absolute atomic E-state index is 10.2. The molecule has 0 aliphatic carbocycles. The topological polar surface area (TPSA) is 33.1 Å². The fourth-order valence-corrected chi connectivity index (χ4v) is 2.33. The summed E-state index contributed by atoms with van der Waals surface area (Å²) in [5.41, 5.74) is 2.08. The summed E-state index contributed by atoms with van der Waals surface area (Å²) in [5, 5.41) is 12.2. The van der Waals surface area contributed by atoms with Crippen LogP contribution >= 0.6 is 11.3 Å². The molecular formula is C12H13NOS. The molecule has 1 atom stereocenters. The number of rotatable bonds is 3. The highest BCUT2D eigenvalue weighted by Crippen LogP contribution is 2.27. The third-order valence-corrected chi connectivity index (χ3v) is 3.35. The molecule has 78 valence electrons. The second-order valence-electron chi connectivity index (χ2n) is 3.35. The number of aromatic nitrogens is 1. The molecule has 2 rings (SSSR count). The van der Waals surface area contributed by atoms with Crippen molar-refractivity contribution in [3.63, 3.8) is 0 Å². The van der Waals surface area contributed by atoms with Crippen LogP contribution in [-0.2, 0) is 6.42 Å². The molecule has 2 aromatic heterocycles. The molecule has 0 spiro atoms. The van der Waals surface area contributed by atoms with Crippen LogP contribution < -0.4 is 0 Å². The molecule has 0 aliphatic rings. The molecule has 0 aliphatic heterocycles. The number of pyridine rings is 1. The minimum atomic E-state index is -0.511. The van der Waals surface area contributed by atoms with Gasteiger partial charge in [-0.15, -0.1) is 11.3 Å². The number of aliphatic hydroxyl groups excluding tert-OH is 1. The summed E-state index contributed by atoms with van der Waals surface area (Å²) in [6, 6.07) is 5.80. The van der Waals surface area contributed by atoms with Crippen molar-refractivity contribution in [1.29, 1.82) is 0 Å². The van der Waals surface area contributed by atoms with E-state index in [-0.39, 0.29) is 0 Å². The molecule has 1 unspecified atom stereocenters. The second-order valence-corrected chi connectivity index (χ2v) is 4.33. The van der Waals surface area contributed by atoms with Crippen LogP contribution in [0.3, 0.4) is 0 Å². The van der Waals surface area contributed by atoms with E-state index in [4.69, 9.17) is 0 Å². The van der Waals surface area contributed by atoms with Gasteiger partial charge in [-0.3, -0.25) is 4.98 Å². The lowest BCUT2D eigenvalue weighted by atomic mass is 10.0. The molecule has 2 heterocycles. The Hall–Kier alpha value is -1.19. The van der Waals surface area contributed by atoms with Gasteiger partial charge in [-0.1, -0.05) is 13.0 Å². The van der Waals surface area contributed by atoms with Crippen molar-refractivity contribution < 1.29 is 5.11 Å². The van der Waals surface area contributed by atoms with Gasteiger partial charge < -0.3 is 5.11 Å². The van der Waals surface area contributed by atoms with Gasteiger partial charge in [0, 0.05) is 17.3 Å². The summed E-state index contributed by atoms with van der Waals surface area (Å²) in [5.74, 6) is 0. The number of hydrogen-bond acceptors (Lipinski definition) is 3. The number of aliphatic hydroxyl groups is 1. The highest BCUT2D eigenvalue weighted by atomic mass is 32.1. The van der Waals surface area contributed by atoms with E-state index >= 15 is 0 Å². The number of aryl methyl sites for hydroxylation is 1. The lowest BCUT2D eigenvalue weighted by Gasteiger charge is -2.12. The van der Waals surface area contributed by atoms with Gasteiger partial charge in [0.2, 0.25) is 0 Å². The van der Waals surface area contributed by atoms with Crippen LogP contribution in [0, 0.1) is 0 Å². The van der Waals surface area contributed by atoms with Gasteiger partial charge in [0.05, 0.1) is 0 Å². The largest absolute Gasteiger partial charge is 0.383 e. The van der Waals surface area contributed by atoms with Crippen LogP contribution in [0.1, 0.15) is 29.0 Å². The first kappa shape index (κ1) is 10.3. The Morgan fingerprint density at radius 2 is 2.33 bits per heavy atom. The molecule has 0 saturated heterocycles. The van der Waals surface area contributed by atoms with Gasteiger partial charge in [-0.2, -0.15) is 0 Å². The Morgan fingerprint density at radius 3 is 3.00 bits per heavy atom. The van der Waals surface area contributed by atoms with Crippen molar-refractivity contribution in [3.05, 3.63) is 52.0 Å². The lowest BCUT2D eigenvalue weighted by molar-refractivity contribution is 0.223. The third-order valence-electron chi connectivity index (χ3n) is 2.43. The highest BCUT2D eigenvalue weighted by Gasteiger charge is 2.14. The smallest absolute Gasteiger partial charge is 0.114 e. The molecule has 1 N–H and O–H groups in total. The molecule has 2 aromatic rings. The fourth-order valence-electron chi connectivity index (χ4n) is 1.60. The Bertz CT molecular complexity index is 425. The van der Waals surface area contributed by atoms with Gasteiger partial charge in [0.15, 0.2) is 0 Å². The summed E-state index contributed by atoms with van der Waals surface area (Å²) in [6.45, 7) is 2.07. The average molecular weight is 219 g/mol. The lowest BCUT2D eigenvalue weighted by Crippen LogP contribution is -2.02. The number of thiophene rings is 1. The zero-order valence-corrected chi connectivity index (χ0v) is 9.37. The van der Waals surface area contributed by atoms with Crippen molar-refractivity contribution in [3.8, 4) is 0 Å². The van der Waals surface area contributed by atoms with E-state index in [0.717, 1.165) is 22.4 Å². The van der Waals surface area contributed by atoms with Crippen molar-refractivity contribution >= 4 is 11.3 Å². The predicted molar refractivity (Wildman–Crippen MR) is 62.0 cm³/mol. The normalized spacial score (nSPS) is 12.7. The van der Waals surface area contributed by atoms with Crippen molar-refractivity contribution in [2.75, 3.05) is 0 Å². The SMILES string of the molecule is CCc1cnccc1C(O)c1cccs1. The molecule has 3 heteroatoms. The van der Waals surface area contributed by atoms with E-state index in [0.29, 0.717) is 0 Å². The van der Waals surface area contributed by atoms with Crippen LogP contribution in [0.2, 0.25) is 0 Å². The summed E-state index contributed by atoms with van der Waals surface area (Å²) in [7, 11) is 0. The molecule has 0 fully saturated rings. The van der Waals surface area contributed by atoms with Gasteiger partial charge in [0.25, 0.3) is 0 Å². The summed E-state index contributed by atoms with van der Waals surface area (Å²) in [4.78, 5) is 5.05.